The van der Waals surface area contributed by atoms with Crippen molar-refractivity contribution >= 4 is 21.7 Å². The van der Waals surface area contributed by atoms with E-state index >= 15 is 0 Å². The zero-order chi connectivity index (χ0) is 19.7. The molecule has 2 atom stereocenters. The molecule has 0 bridgehead atoms. The largest absolute Gasteiger partial charge is 0.493 e. The number of thiazole rings is 1. The molecule has 1 saturated heterocycles. The lowest BCUT2D eigenvalue weighted by atomic mass is 9.97. The van der Waals surface area contributed by atoms with Crippen molar-refractivity contribution in [2.24, 2.45) is 5.92 Å². The Balaban J connectivity index is 1.40. The highest BCUT2D eigenvalue weighted by atomic mass is 32.1. The number of aromatic nitrogens is 3. The molecule has 6 heteroatoms. The zero-order valence-corrected chi connectivity index (χ0v) is 17.9. The van der Waals surface area contributed by atoms with Crippen molar-refractivity contribution in [2.75, 3.05) is 19.7 Å². The van der Waals surface area contributed by atoms with E-state index in [4.69, 9.17) is 9.72 Å². The number of rotatable bonds is 5. The predicted octanol–water partition coefficient (Wildman–Crippen LogP) is 4.86. The Hall–Kier alpha value is -2.05. The fraction of sp³-hybridized carbons (Fsp3) is 0.500. The first-order valence-electron chi connectivity index (χ1n) is 10.0. The number of hydrogen-bond donors (Lipinski definition) is 0. The molecule has 3 aromatic heterocycles. The van der Waals surface area contributed by atoms with Crippen LogP contribution in [-0.2, 0) is 0 Å². The molecule has 0 unspecified atom stereocenters. The second kappa shape index (κ2) is 8.13. The Bertz CT molecular complexity index is 950. The van der Waals surface area contributed by atoms with Crippen LogP contribution in [0.4, 0.5) is 0 Å². The standard InChI is InChI=1S/C22H28N4OS/c1-14-10-19(11-15(2)23-14)27-13-18-6-5-9-26(12-18)16(3)20-7-8-21-22(25-20)24-17(4)28-21/h7-8,10-11,16,18H,5-6,9,12-13H2,1-4H3/t16-,18-/m0/s1. The van der Waals surface area contributed by atoms with E-state index in [2.05, 4.69) is 33.9 Å². The van der Waals surface area contributed by atoms with E-state index in [1.165, 1.54) is 17.5 Å². The van der Waals surface area contributed by atoms with E-state index < -0.39 is 0 Å². The third-order valence-electron chi connectivity index (χ3n) is 5.45. The van der Waals surface area contributed by atoms with Crippen molar-refractivity contribution in [3.63, 3.8) is 0 Å². The van der Waals surface area contributed by atoms with E-state index in [1.54, 1.807) is 11.3 Å². The summed E-state index contributed by atoms with van der Waals surface area (Å²) in [5, 5.41) is 1.07. The van der Waals surface area contributed by atoms with Crippen LogP contribution in [-0.4, -0.2) is 39.5 Å². The minimum atomic E-state index is 0.291. The van der Waals surface area contributed by atoms with Gasteiger partial charge in [0.25, 0.3) is 0 Å². The molecule has 0 aliphatic carbocycles. The van der Waals surface area contributed by atoms with Gasteiger partial charge in [-0.15, -0.1) is 11.3 Å². The maximum absolute atomic E-state index is 6.11. The summed E-state index contributed by atoms with van der Waals surface area (Å²) in [6.45, 7) is 11.2. The first kappa shape index (κ1) is 19.3. The number of pyridine rings is 2. The summed E-state index contributed by atoms with van der Waals surface area (Å²) < 4.78 is 7.28. The van der Waals surface area contributed by atoms with Crippen molar-refractivity contribution in [3.8, 4) is 5.75 Å². The van der Waals surface area contributed by atoms with Crippen LogP contribution >= 0.6 is 11.3 Å². The molecule has 0 spiro atoms. The van der Waals surface area contributed by atoms with E-state index in [1.807, 2.05) is 32.9 Å². The van der Waals surface area contributed by atoms with E-state index in [0.29, 0.717) is 12.0 Å². The number of hydrogen-bond acceptors (Lipinski definition) is 6. The van der Waals surface area contributed by atoms with Crippen molar-refractivity contribution in [3.05, 3.63) is 46.4 Å². The van der Waals surface area contributed by atoms with E-state index in [-0.39, 0.29) is 0 Å². The summed E-state index contributed by atoms with van der Waals surface area (Å²) in [5.41, 5.74) is 4.01. The monoisotopic (exact) mass is 396 g/mol. The second-order valence-corrected chi connectivity index (χ2v) is 9.10. The van der Waals surface area contributed by atoms with Crippen LogP contribution in [0, 0.1) is 26.7 Å². The van der Waals surface area contributed by atoms with Crippen molar-refractivity contribution in [2.45, 2.75) is 46.6 Å². The average molecular weight is 397 g/mol. The van der Waals surface area contributed by atoms with Gasteiger partial charge in [-0.05, 0) is 59.2 Å². The summed E-state index contributed by atoms with van der Waals surface area (Å²) in [5.74, 6) is 1.47. The van der Waals surface area contributed by atoms with Gasteiger partial charge in [0.2, 0.25) is 0 Å². The van der Waals surface area contributed by atoms with Crippen LogP contribution in [0.1, 0.15) is 47.9 Å². The minimum absolute atomic E-state index is 0.291. The number of piperidine rings is 1. The molecule has 0 radical (unpaired) electrons. The highest BCUT2D eigenvalue weighted by Crippen LogP contribution is 2.28. The summed E-state index contributed by atoms with van der Waals surface area (Å²) in [6, 6.07) is 8.65. The lowest BCUT2D eigenvalue weighted by Gasteiger charge is -2.36. The summed E-state index contributed by atoms with van der Waals surface area (Å²) in [4.78, 5) is 16.3. The Morgan fingerprint density at radius 2 is 1.93 bits per heavy atom. The Labute approximate surface area is 170 Å². The van der Waals surface area contributed by atoms with Gasteiger partial charge in [0.05, 0.1) is 22.0 Å². The van der Waals surface area contributed by atoms with Crippen LogP contribution in [0.3, 0.4) is 0 Å². The highest BCUT2D eigenvalue weighted by Gasteiger charge is 2.26. The quantitative estimate of drug-likeness (QED) is 0.616. The number of aryl methyl sites for hydroxylation is 3. The van der Waals surface area contributed by atoms with Crippen molar-refractivity contribution in [1.29, 1.82) is 0 Å². The molecule has 1 aliphatic heterocycles. The van der Waals surface area contributed by atoms with Crippen molar-refractivity contribution < 1.29 is 4.74 Å². The maximum atomic E-state index is 6.11. The van der Waals surface area contributed by atoms with E-state index in [9.17, 15) is 0 Å². The fourth-order valence-electron chi connectivity index (χ4n) is 4.04. The van der Waals surface area contributed by atoms with Gasteiger partial charge in [0.1, 0.15) is 5.75 Å². The lowest BCUT2D eigenvalue weighted by molar-refractivity contribution is 0.0993. The van der Waals surface area contributed by atoms with Crippen LogP contribution in [0.15, 0.2) is 24.3 Å². The molecule has 5 nitrogen and oxygen atoms in total. The van der Waals surface area contributed by atoms with Gasteiger partial charge in [-0.3, -0.25) is 9.88 Å². The zero-order valence-electron chi connectivity index (χ0n) is 17.1. The third-order valence-corrected chi connectivity index (χ3v) is 6.37. The third kappa shape index (κ3) is 4.33. The molecule has 0 aromatic carbocycles. The van der Waals surface area contributed by atoms with E-state index in [0.717, 1.165) is 53.2 Å². The highest BCUT2D eigenvalue weighted by molar-refractivity contribution is 7.18. The number of likely N-dealkylation sites (tertiary alicyclic amines) is 1. The smallest absolute Gasteiger partial charge is 0.170 e. The van der Waals surface area contributed by atoms with Gasteiger partial charge in [-0.2, -0.15) is 0 Å². The first-order chi connectivity index (χ1) is 13.5. The SMILES string of the molecule is Cc1cc(OC[C@H]2CCCN([C@@H](C)c3ccc4sc(C)nc4n3)C2)cc(C)n1. The normalized spacial score (nSPS) is 19.1. The molecule has 4 heterocycles. The molecule has 1 fully saturated rings. The molecular formula is C22H28N4OS. The Morgan fingerprint density at radius 3 is 2.71 bits per heavy atom. The van der Waals surface area contributed by atoms with Gasteiger partial charge in [-0.25, -0.2) is 9.97 Å². The first-order valence-corrected chi connectivity index (χ1v) is 10.9. The molecule has 4 rings (SSSR count). The van der Waals surface area contributed by atoms with Crippen LogP contribution in [0.25, 0.3) is 10.3 Å². The molecule has 1 aliphatic rings. The van der Waals surface area contributed by atoms with Gasteiger partial charge in [0, 0.05) is 42.0 Å². The van der Waals surface area contributed by atoms with Gasteiger partial charge < -0.3 is 4.74 Å². The average Bonchev–Trinajstić information content (AvgIpc) is 3.04. The van der Waals surface area contributed by atoms with Crippen LogP contribution < -0.4 is 4.74 Å². The lowest BCUT2D eigenvalue weighted by Crippen LogP contribution is -2.39. The second-order valence-electron chi connectivity index (χ2n) is 7.87. The predicted molar refractivity (Wildman–Crippen MR) is 114 cm³/mol. The molecule has 0 N–H and O–H groups in total. The number of nitrogens with zero attached hydrogens (tertiary/aromatic N) is 4. The van der Waals surface area contributed by atoms with Crippen LogP contribution in [0.5, 0.6) is 5.75 Å². The molecule has 28 heavy (non-hydrogen) atoms. The number of fused-ring (bicyclic) bond motifs is 1. The molecule has 3 aromatic rings. The number of ether oxygens (including phenoxy) is 1. The van der Waals surface area contributed by atoms with Gasteiger partial charge in [-0.1, -0.05) is 0 Å². The molecule has 148 valence electrons. The summed E-state index contributed by atoms with van der Waals surface area (Å²) in [6.07, 6.45) is 2.41. The topological polar surface area (TPSA) is 51.1 Å². The Kier molecular flexibility index (Phi) is 5.60. The van der Waals surface area contributed by atoms with Gasteiger partial charge >= 0.3 is 0 Å². The summed E-state index contributed by atoms with van der Waals surface area (Å²) >= 11 is 1.71. The fourth-order valence-corrected chi connectivity index (χ4v) is 4.81. The van der Waals surface area contributed by atoms with Crippen molar-refractivity contribution in [1.82, 2.24) is 19.9 Å². The van der Waals surface area contributed by atoms with Crippen LogP contribution in [0.2, 0.25) is 0 Å². The maximum Gasteiger partial charge on any atom is 0.170 e. The minimum Gasteiger partial charge on any atom is -0.493 e. The molecule has 0 amide bonds. The molecule has 0 saturated carbocycles. The Morgan fingerprint density at radius 1 is 1.14 bits per heavy atom. The van der Waals surface area contributed by atoms with Gasteiger partial charge in [0.15, 0.2) is 5.65 Å². The summed E-state index contributed by atoms with van der Waals surface area (Å²) in [7, 11) is 0. The molecular weight excluding hydrogens is 368 g/mol.